The van der Waals surface area contributed by atoms with Gasteiger partial charge in [0.25, 0.3) is 5.56 Å². The summed E-state index contributed by atoms with van der Waals surface area (Å²) in [5.41, 5.74) is 0.682. The second-order valence-electron chi connectivity index (χ2n) is 6.79. The number of fused-ring (bicyclic) bond motifs is 1. The summed E-state index contributed by atoms with van der Waals surface area (Å²) in [5.74, 6) is 0.628. The summed E-state index contributed by atoms with van der Waals surface area (Å²) in [6, 6.07) is 1.55. The van der Waals surface area contributed by atoms with E-state index in [9.17, 15) is 9.59 Å². The molecule has 1 saturated heterocycles. The molecule has 0 unspecified atom stereocenters. The Kier molecular flexibility index (Phi) is 5.87. The maximum absolute atomic E-state index is 12.1. The van der Waals surface area contributed by atoms with E-state index < -0.39 is 0 Å². The number of aromatic nitrogens is 3. The van der Waals surface area contributed by atoms with Crippen molar-refractivity contribution in [2.75, 3.05) is 45.2 Å². The molecule has 142 valence electrons. The number of carbonyl (C=O) groups is 1. The predicted molar refractivity (Wildman–Crippen MR) is 103 cm³/mol. The van der Waals surface area contributed by atoms with Crippen LogP contribution in [-0.4, -0.2) is 65.7 Å². The van der Waals surface area contributed by atoms with Crippen molar-refractivity contribution >= 4 is 27.3 Å². The lowest BCUT2D eigenvalue weighted by atomic mass is 9.96. The fourth-order valence-corrected chi connectivity index (χ4v) is 4.15. The molecule has 1 aliphatic rings. The van der Waals surface area contributed by atoms with Gasteiger partial charge >= 0.3 is 0 Å². The van der Waals surface area contributed by atoms with E-state index >= 15 is 0 Å². The van der Waals surface area contributed by atoms with Crippen LogP contribution in [0.5, 0.6) is 0 Å². The van der Waals surface area contributed by atoms with Crippen molar-refractivity contribution in [1.29, 1.82) is 0 Å². The summed E-state index contributed by atoms with van der Waals surface area (Å²) in [6.45, 7) is 5.23. The minimum atomic E-state index is -0.120. The van der Waals surface area contributed by atoms with Gasteiger partial charge in [0.05, 0.1) is 6.54 Å². The minimum Gasteiger partial charge on any atom is -0.358 e. The summed E-state index contributed by atoms with van der Waals surface area (Å²) in [6.07, 6.45) is 2.86. The first-order valence-electron chi connectivity index (χ1n) is 9.04. The molecule has 0 radical (unpaired) electrons. The van der Waals surface area contributed by atoms with Crippen molar-refractivity contribution in [3.05, 3.63) is 22.1 Å². The van der Waals surface area contributed by atoms with Gasteiger partial charge in [-0.1, -0.05) is 18.3 Å². The molecule has 0 saturated carbocycles. The Balaban J connectivity index is 1.61. The lowest BCUT2D eigenvalue weighted by Crippen LogP contribution is -2.42. The zero-order valence-corrected chi connectivity index (χ0v) is 16.4. The number of piperidine rings is 1. The number of likely N-dealkylation sites (tertiary alicyclic amines) is 1. The number of likely N-dealkylation sites (N-methyl/N-ethyl adjacent to an activating group) is 1. The minimum absolute atomic E-state index is 0.0689. The van der Waals surface area contributed by atoms with Crippen LogP contribution < -0.4 is 15.8 Å². The van der Waals surface area contributed by atoms with Gasteiger partial charge < -0.3 is 10.2 Å². The van der Waals surface area contributed by atoms with Crippen LogP contribution in [0.2, 0.25) is 0 Å². The van der Waals surface area contributed by atoms with Gasteiger partial charge in [0.15, 0.2) is 0 Å². The van der Waals surface area contributed by atoms with Gasteiger partial charge in [0, 0.05) is 32.4 Å². The molecule has 1 N–H and O–H groups in total. The van der Waals surface area contributed by atoms with Crippen LogP contribution in [0.3, 0.4) is 0 Å². The van der Waals surface area contributed by atoms with E-state index in [1.54, 1.807) is 13.1 Å². The van der Waals surface area contributed by atoms with Gasteiger partial charge in [-0.3, -0.25) is 14.5 Å². The lowest BCUT2D eigenvalue weighted by molar-refractivity contribution is -0.122. The summed E-state index contributed by atoms with van der Waals surface area (Å²) in [7, 11) is 3.69. The largest absolute Gasteiger partial charge is 0.358 e. The number of anilines is 1. The number of carbonyl (C=O) groups excluding carboxylic acids is 1. The molecule has 9 heteroatoms. The second kappa shape index (κ2) is 8.13. The third-order valence-electron chi connectivity index (χ3n) is 4.86. The topological polar surface area (TPSA) is 82.8 Å². The van der Waals surface area contributed by atoms with Crippen LogP contribution in [0.1, 0.15) is 25.5 Å². The Morgan fingerprint density at radius 2 is 2.15 bits per heavy atom. The molecule has 2 aromatic rings. The molecular formula is C17H26N6O2S. The molecular weight excluding hydrogens is 352 g/mol. The first-order chi connectivity index (χ1) is 12.5. The quantitative estimate of drug-likeness (QED) is 0.793. The number of hydrogen-bond donors (Lipinski definition) is 1. The first kappa shape index (κ1) is 18.8. The van der Waals surface area contributed by atoms with E-state index in [1.165, 1.54) is 15.9 Å². The monoisotopic (exact) mass is 378 g/mol. The lowest BCUT2D eigenvalue weighted by Gasteiger charge is -2.33. The van der Waals surface area contributed by atoms with E-state index in [1.807, 2.05) is 14.0 Å². The maximum atomic E-state index is 12.1. The molecule has 0 spiro atoms. The standard InChI is InChI=1S/C17H26N6O2S/c1-4-13-9-15(25)23-16(19-13)26-17(20-23)21(3)10-12-5-7-22(8-6-12)11-14(24)18-2/h9,12H,4-8,10-11H2,1-3H3,(H,18,24). The fraction of sp³-hybridized carbons (Fsp3) is 0.647. The molecule has 0 bridgehead atoms. The van der Waals surface area contributed by atoms with Crippen molar-refractivity contribution in [2.24, 2.45) is 5.92 Å². The SMILES string of the molecule is CCc1cc(=O)n2nc(N(C)CC3CCN(CC(=O)NC)CC3)sc2n1. The van der Waals surface area contributed by atoms with Crippen LogP contribution in [0, 0.1) is 5.92 Å². The molecule has 0 aliphatic carbocycles. The van der Waals surface area contributed by atoms with Gasteiger partial charge in [0.2, 0.25) is 16.0 Å². The second-order valence-corrected chi connectivity index (χ2v) is 7.73. The summed E-state index contributed by atoms with van der Waals surface area (Å²) >= 11 is 1.45. The number of rotatable bonds is 6. The number of nitrogens with one attached hydrogen (secondary N) is 1. The highest BCUT2D eigenvalue weighted by Crippen LogP contribution is 2.24. The van der Waals surface area contributed by atoms with Gasteiger partial charge in [0.1, 0.15) is 0 Å². The summed E-state index contributed by atoms with van der Waals surface area (Å²) < 4.78 is 1.39. The van der Waals surface area contributed by atoms with Gasteiger partial charge in [-0.05, 0) is 38.3 Å². The first-order valence-corrected chi connectivity index (χ1v) is 9.85. The Morgan fingerprint density at radius 3 is 2.81 bits per heavy atom. The third kappa shape index (κ3) is 4.21. The number of aryl methyl sites for hydroxylation is 1. The Morgan fingerprint density at radius 1 is 1.42 bits per heavy atom. The third-order valence-corrected chi connectivity index (χ3v) is 5.88. The van der Waals surface area contributed by atoms with Crippen molar-refractivity contribution in [3.63, 3.8) is 0 Å². The van der Waals surface area contributed by atoms with Gasteiger partial charge in [-0.2, -0.15) is 4.52 Å². The summed E-state index contributed by atoms with van der Waals surface area (Å²) in [4.78, 5) is 33.1. The molecule has 8 nitrogen and oxygen atoms in total. The number of hydrogen-bond acceptors (Lipinski definition) is 7. The Labute approximate surface area is 156 Å². The zero-order chi connectivity index (χ0) is 18.7. The smallest absolute Gasteiger partial charge is 0.275 e. The van der Waals surface area contributed by atoms with E-state index in [-0.39, 0.29) is 11.5 Å². The van der Waals surface area contributed by atoms with E-state index in [4.69, 9.17) is 0 Å². The van der Waals surface area contributed by atoms with E-state index in [0.29, 0.717) is 17.4 Å². The fourth-order valence-electron chi connectivity index (χ4n) is 3.26. The molecule has 3 heterocycles. The molecule has 0 aromatic carbocycles. The Bertz CT molecular complexity index is 824. The van der Waals surface area contributed by atoms with E-state index in [2.05, 4.69) is 25.2 Å². The van der Waals surface area contributed by atoms with Crippen LogP contribution in [-0.2, 0) is 11.2 Å². The van der Waals surface area contributed by atoms with Crippen LogP contribution >= 0.6 is 11.3 Å². The average molecular weight is 379 g/mol. The highest BCUT2D eigenvalue weighted by atomic mass is 32.1. The van der Waals surface area contributed by atoms with E-state index in [0.717, 1.165) is 49.7 Å². The highest BCUT2D eigenvalue weighted by molar-refractivity contribution is 7.20. The van der Waals surface area contributed by atoms with Crippen molar-refractivity contribution in [1.82, 2.24) is 24.8 Å². The number of amides is 1. The molecule has 1 amide bonds. The van der Waals surface area contributed by atoms with Crippen LogP contribution in [0.15, 0.2) is 10.9 Å². The summed E-state index contributed by atoms with van der Waals surface area (Å²) in [5, 5.41) is 7.93. The highest BCUT2D eigenvalue weighted by Gasteiger charge is 2.23. The molecule has 26 heavy (non-hydrogen) atoms. The normalized spacial score (nSPS) is 16.1. The maximum Gasteiger partial charge on any atom is 0.275 e. The molecule has 1 aliphatic heterocycles. The van der Waals surface area contributed by atoms with Crippen molar-refractivity contribution in [3.8, 4) is 0 Å². The van der Waals surface area contributed by atoms with Gasteiger partial charge in [-0.25, -0.2) is 4.98 Å². The van der Waals surface area contributed by atoms with Crippen molar-refractivity contribution in [2.45, 2.75) is 26.2 Å². The zero-order valence-electron chi connectivity index (χ0n) is 15.6. The molecule has 3 rings (SSSR count). The van der Waals surface area contributed by atoms with Crippen LogP contribution in [0.25, 0.3) is 4.96 Å². The van der Waals surface area contributed by atoms with Crippen LogP contribution in [0.4, 0.5) is 5.13 Å². The van der Waals surface area contributed by atoms with Gasteiger partial charge in [-0.15, -0.1) is 5.10 Å². The molecule has 2 aromatic heterocycles. The average Bonchev–Trinajstić information content (AvgIpc) is 3.08. The Hall–Kier alpha value is -2.00. The molecule has 1 fully saturated rings. The molecule has 0 atom stereocenters. The predicted octanol–water partition coefficient (Wildman–Crippen LogP) is 0.608. The number of nitrogens with zero attached hydrogens (tertiary/aromatic N) is 5. The van der Waals surface area contributed by atoms with Crippen molar-refractivity contribution < 1.29 is 4.79 Å².